The van der Waals surface area contributed by atoms with Gasteiger partial charge in [0.25, 0.3) is 0 Å². The molecule has 0 saturated carbocycles. The van der Waals surface area contributed by atoms with Crippen molar-refractivity contribution >= 4 is 34.8 Å². The summed E-state index contributed by atoms with van der Waals surface area (Å²) >= 11 is 0. The number of aromatic nitrogens is 1. The molecule has 2 aliphatic heterocycles. The fraction of sp³-hybridized carbons (Fsp3) is 0.419. The standard InChI is InChI=1S/C31H37N5O5/c1-31(2,3)41-29(39)34-25(16-21-18-32-23-13-8-7-12-22(21)23)28(38)33-24-14-9-15-35-26(24)17-27(37)36(30(35)40)19-20-10-5-4-6-11-20/h4-8,10-13,18,24-26,32H,9,14-17,19H2,1-3H3,(H,33,38)(H,34,39)/t24-,25+,26-/m1/s1. The highest BCUT2D eigenvalue weighted by Crippen LogP contribution is 2.28. The summed E-state index contributed by atoms with van der Waals surface area (Å²) in [5, 5.41) is 6.78. The van der Waals surface area contributed by atoms with Crippen molar-refractivity contribution in [3.8, 4) is 0 Å². The Bertz CT molecular complexity index is 1430. The van der Waals surface area contributed by atoms with E-state index in [0.717, 1.165) is 22.0 Å². The minimum atomic E-state index is -0.927. The minimum Gasteiger partial charge on any atom is -0.444 e. The van der Waals surface area contributed by atoms with E-state index >= 15 is 0 Å². The van der Waals surface area contributed by atoms with Gasteiger partial charge in [0.2, 0.25) is 11.8 Å². The first-order chi connectivity index (χ1) is 19.6. The topological polar surface area (TPSA) is 124 Å². The van der Waals surface area contributed by atoms with Gasteiger partial charge < -0.3 is 25.3 Å². The summed E-state index contributed by atoms with van der Waals surface area (Å²) in [5.41, 5.74) is 1.95. The van der Waals surface area contributed by atoms with E-state index in [4.69, 9.17) is 4.74 Å². The van der Waals surface area contributed by atoms with Gasteiger partial charge in [-0.25, -0.2) is 9.59 Å². The number of carbonyl (C=O) groups is 4. The van der Waals surface area contributed by atoms with Crippen LogP contribution in [0.15, 0.2) is 60.8 Å². The predicted octanol–water partition coefficient (Wildman–Crippen LogP) is 4.11. The Hall–Kier alpha value is -4.34. The lowest BCUT2D eigenvalue weighted by molar-refractivity contribution is -0.135. The first-order valence-electron chi connectivity index (χ1n) is 14.1. The fourth-order valence-corrected chi connectivity index (χ4v) is 5.65. The van der Waals surface area contributed by atoms with Crippen molar-refractivity contribution in [2.24, 2.45) is 0 Å². The van der Waals surface area contributed by atoms with Crippen molar-refractivity contribution in [3.05, 3.63) is 71.9 Å². The highest BCUT2D eigenvalue weighted by Gasteiger charge is 2.45. The molecule has 216 valence electrons. The minimum absolute atomic E-state index is 0.121. The molecular formula is C31H37N5O5. The zero-order valence-corrected chi connectivity index (χ0v) is 23.7. The van der Waals surface area contributed by atoms with Crippen LogP contribution in [0.1, 0.15) is 51.2 Å². The Labute approximate surface area is 239 Å². The van der Waals surface area contributed by atoms with Crippen LogP contribution in [0.2, 0.25) is 0 Å². The molecule has 0 spiro atoms. The third kappa shape index (κ3) is 6.53. The molecule has 5 amide bonds. The largest absolute Gasteiger partial charge is 0.444 e. The quantitative estimate of drug-likeness (QED) is 0.402. The molecule has 0 unspecified atom stereocenters. The van der Waals surface area contributed by atoms with Crippen LogP contribution in [0.5, 0.6) is 0 Å². The van der Waals surface area contributed by atoms with E-state index in [0.29, 0.717) is 19.4 Å². The van der Waals surface area contributed by atoms with Gasteiger partial charge in [-0.3, -0.25) is 14.5 Å². The molecule has 2 saturated heterocycles. The maximum atomic E-state index is 13.7. The van der Waals surface area contributed by atoms with Crippen molar-refractivity contribution in [2.75, 3.05) is 6.54 Å². The van der Waals surface area contributed by atoms with Gasteiger partial charge in [0.1, 0.15) is 11.6 Å². The first-order valence-corrected chi connectivity index (χ1v) is 14.1. The van der Waals surface area contributed by atoms with Gasteiger partial charge in [0.15, 0.2) is 0 Å². The molecule has 41 heavy (non-hydrogen) atoms. The number of rotatable bonds is 7. The summed E-state index contributed by atoms with van der Waals surface area (Å²) in [4.78, 5) is 59.2. The number of para-hydroxylation sites is 1. The SMILES string of the molecule is CC(C)(C)OC(=O)N[C@@H](Cc1c[nH]c2ccccc12)C(=O)N[C@@H]1CCCN2C(=O)N(Cc3ccccc3)C(=O)C[C@H]12. The number of fused-ring (bicyclic) bond motifs is 2. The van der Waals surface area contributed by atoms with Gasteiger partial charge in [-0.05, 0) is 50.8 Å². The number of carbonyl (C=O) groups excluding carboxylic acids is 4. The summed E-state index contributed by atoms with van der Waals surface area (Å²) < 4.78 is 5.45. The van der Waals surface area contributed by atoms with Gasteiger partial charge >= 0.3 is 12.1 Å². The maximum Gasteiger partial charge on any atom is 0.408 e. The molecule has 2 aliphatic rings. The molecule has 3 aromatic rings. The van der Waals surface area contributed by atoms with E-state index in [1.165, 1.54) is 4.90 Å². The van der Waals surface area contributed by atoms with Crippen LogP contribution in [0, 0.1) is 0 Å². The van der Waals surface area contributed by atoms with E-state index in [9.17, 15) is 19.2 Å². The number of nitrogens with zero attached hydrogens (tertiary/aromatic N) is 2. The third-order valence-corrected chi connectivity index (χ3v) is 7.56. The Balaban J connectivity index is 1.32. The zero-order valence-electron chi connectivity index (χ0n) is 23.7. The number of nitrogens with one attached hydrogen (secondary N) is 3. The second-order valence-corrected chi connectivity index (χ2v) is 11.7. The lowest BCUT2D eigenvalue weighted by Gasteiger charge is -2.46. The Morgan fingerprint density at radius 3 is 2.56 bits per heavy atom. The van der Waals surface area contributed by atoms with Crippen LogP contribution < -0.4 is 10.6 Å². The highest BCUT2D eigenvalue weighted by molar-refractivity contribution is 5.97. The monoisotopic (exact) mass is 559 g/mol. The van der Waals surface area contributed by atoms with E-state index < -0.39 is 29.8 Å². The Morgan fingerprint density at radius 1 is 1.07 bits per heavy atom. The summed E-state index contributed by atoms with van der Waals surface area (Å²) in [6.45, 7) is 6.01. The molecule has 10 heteroatoms. The highest BCUT2D eigenvalue weighted by atomic mass is 16.6. The van der Waals surface area contributed by atoms with Crippen molar-refractivity contribution in [1.82, 2.24) is 25.4 Å². The number of hydrogen-bond donors (Lipinski definition) is 3. The van der Waals surface area contributed by atoms with Crippen LogP contribution in [-0.2, 0) is 27.3 Å². The van der Waals surface area contributed by atoms with Crippen molar-refractivity contribution in [2.45, 2.75) is 76.7 Å². The number of piperidine rings is 1. The number of H-pyrrole nitrogens is 1. The predicted molar refractivity (Wildman–Crippen MR) is 154 cm³/mol. The number of alkyl carbamates (subject to hydrolysis) is 1. The molecule has 10 nitrogen and oxygen atoms in total. The summed E-state index contributed by atoms with van der Waals surface area (Å²) in [7, 11) is 0. The lowest BCUT2D eigenvalue weighted by atomic mass is 9.91. The summed E-state index contributed by atoms with van der Waals surface area (Å²) in [6.07, 6.45) is 2.81. The van der Waals surface area contributed by atoms with Gasteiger partial charge in [0, 0.05) is 42.5 Å². The molecule has 0 bridgehead atoms. The van der Waals surface area contributed by atoms with Crippen LogP contribution in [0.4, 0.5) is 9.59 Å². The molecule has 2 aromatic carbocycles. The second-order valence-electron chi connectivity index (χ2n) is 11.7. The number of urea groups is 1. The Kier molecular flexibility index (Phi) is 8.01. The van der Waals surface area contributed by atoms with Gasteiger partial charge in [-0.2, -0.15) is 0 Å². The normalized spacial score (nSPS) is 20.0. The molecule has 0 aliphatic carbocycles. The number of amides is 5. The number of hydrogen-bond acceptors (Lipinski definition) is 5. The number of benzene rings is 2. The maximum absolute atomic E-state index is 13.7. The molecule has 1 aromatic heterocycles. The first kappa shape index (κ1) is 28.2. The van der Waals surface area contributed by atoms with Crippen LogP contribution in [0.3, 0.4) is 0 Å². The molecule has 3 atom stereocenters. The number of aromatic amines is 1. The molecule has 2 fully saturated rings. The molecule has 3 N–H and O–H groups in total. The molecule has 0 radical (unpaired) electrons. The van der Waals surface area contributed by atoms with E-state index in [2.05, 4.69) is 15.6 Å². The molecule has 3 heterocycles. The molecule has 5 rings (SSSR count). The number of imide groups is 1. The lowest BCUT2D eigenvalue weighted by Crippen LogP contribution is -2.66. The van der Waals surface area contributed by atoms with E-state index in [-0.39, 0.29) is 37.2 Å². The zero-order chi connectivity index (χ0) is 29.1. The smallest absolute Gasteiger partial charge is 0.408 e. The van der Waals surface area contributed by atoms with Crippen molar-refractivity contribution < 1.29 is 23.9 Å². The average Bonchev–Trinajstić information content (AvgIpc) is 3.33. The van der Waals surface area contributed by atoms with Crippen molar-refractivity contribution in [1.29, 1.82) is 0 Å². The van der Waals surface area contributed by atoms with E-state index in [1.54, 1.807) is 25.7 Å². The van der Waals surface area contributed by atoms with E-state index in [1.807, 2.05) is 60.8 Å². The second kappa shape index (κ2) is 11.6. The Morgan fingerprint density at radius 2 is 1.80 bits per heavy atom. The van der Waals surface area contributed by atoms with Gasteiger partial charge in [-0.1, -0.05) is 48.5 Å². The molecular weight excluding hydrogens is 522 g/mol. The fourth-order valence-electron chi connectivity index (χ4n) is 5.65. The summed E-state index contributed by atoms with van der Waals surface area (Å²) in [6, 6.07) is 15.0. The third-order valence-electron chi connectivity index (χ3n) is 7.56. The van der Waals surface area contributed by atoms with Crippen LogP contribution in [0.25, 0.3) is 10.9 Å². The van der Waals surface area contributed by atoms with Gasteiger partial charge in [-0.15, -0.1) is 0 Å². The van der Waals surface area contributed by atoms with Gasteiger partial charge in [0.05, 0.1) is 12.6 Å². The number of ether oxygens (including phenoxy) is 1. The van der Waals surface area contributed by atoms with Crippen LogP contribution >= 0.6 is 0 Å². The van der Waals surface area contributed by atoms with Crippen molar-refractivity contribution in [3.63, 3.8) is 0 Å². The van der Waals surface area contributed by atoms with Crippen LogP contribution in [-0.4, -0.2) is 69.0 Å². The summed E-state index contributed by atoms with van der Waals surface area (Å²) in [5.74, 6) is -0.650. The average molecular weight is 560 g/mol.